The maximum absolute atomic E-state index is 12.6. The fraction of sp³-hybridized carbons (Fsp3) is 0. The van der Waals surface area contributed by atoms with E-state index in [1.54, 1.807) is 36.4 Å². The molecule has 3 aromatic heterocycles. The van der Waals surface area contributed by atoms with Crippen LogP contribution in [0.2, 0.25) is 0 Å². The number of thiophene rings is 1. The predicted octanol–water partition coefficient (Wildman–Crippen LogP) is 1.35. The summed E-state index contributed by atoms with van der Waals surface area (Å²) in [5.74, 6) is 5.84. The average Bonchev–Trinajstić information content (AvgIpc) is 3.11. The fourth-order valence-corrected chi connectivity index (χ4v) is 2.99. The molecule has 0 aliphatic heterocycles. The Kier molecular flexibility index (Phi) is 3.24. The molecular formula is C16H11N5O2S. The first-order valence-electron chi connectivity index (χ1n) is 7.06. The Hall–Kier alpha value is -3.26. The predicted molar refractivity (Wildman–Crippen MR) is 94.4 cm³/mol. The third-order valence-corrected chi connectivity index (χ3v) is 4.38. The highest BCUT2D eigenvalue weighted by Crippen LogP contribution is 2.12. The van der Waals surface area contributed by atoms with E-state index in [9.17, 15) is 9.59 Å². The highest BCUT2D eigenvalue weighted by molar-refractivity contribution is 7.10. The molecule has 0 atom stereocenters. The van der Waals surface area contributed by atoms with E-state index in [4.69, 9.17) is 5.84 Å². The van der Waals surface area contributed by atoms with E-state index in [-0.39, 0.29) is 17.0 Å². The van der Waals surface area contributed by atoms with Gasteiger partial charge in [-0.05, 0) is 35.7 Å². The number of rotatable bonds is 2. The SMILES string of the molecule is Nn1c(=O)c(/C=C/c2cccs2)nn2c(=O)c3ccccc3nc12. The summed E-state index contributed by atoms with van der Waals surface area (Å²) in [5.41, 5.74) is -0.368. The van der Waals surface area contributed by atoms with Gasteiger partial charge in [-0.3, -0.25) is 9.59 Å². The summed E-state index contributed by atoms with van der Waals surface area (Å²) in [7, 11) is 0. The van der Waals surface area contributed by atoms with Gasteiger partial charge in [-0.1, -0.05) is 18.2 Å². The molecule has 8 heteroatoms. The summed E-state index contributed by atoms with van der Waals surface area (Å²) < 4.78 is 1.90. The van der Waals surface area contributed by atoms with Crippen molar-refractivity contribution in [2.24, 2.45) is 0 Å². The molecule has 0 aliphatic carbocycles. The zero-order chi connectivity index (χ0) is 16.7. The van der Waals surface area contributed by atoms with Crippen molar-refractivity contribution >= 4 is 40.2 Å². The van der Waals surface area contributed by atoms with Crippen LogP contribution in [0.3, 0.4) is 0 Å². The van der Waals surface area contributed by atoms with Crippen LogP contribution in [0, 0.1) is 0 Å². The van der Waals surface area contributed by atoms with Crippen LogP contribution in [-0.2, 0) is 0 Å². The quantitative estimate of drug-likeness (QED) is 0.440. The van der Waals surface area contributed by atoms with Gasteiger partial charge in [0.25, 0.3) is 16.9 Å². The third-order valence-electron chi connectivity index (χ3n) is 3.55. The van der Waals surface area contributed by atoms with Gasteiger partial charge in [0.05, 0.1) is 10.9 Å². The first kappa shape index (κ1) is 14.3. The second-order valence-electron chi connectivity index (χ2n) is 5.06. The van der Waals surface area contributed by atoms with E-state index < -0.39 is 5.56 Å². The van der Waals surface area contributed by atoms with Gasteiger partial charge in [-0.15, -0.1) is 11.3 Å². The van der Waals surface area contributed by atoms with Gasteiger partial charge in [-0.25, -0.2) is 4.98 Å². The summed E-state index contributed by atoms with van der Waals surface area (Å²) in [4.78, 5) is 30.2. The molecule has 0 spiro atoms. The van der Waals surface area contributed by atoms with Gasteiger partial charge < -0.3 is 5.84 Å². The standard InChI is InChI=1S/C16H11N5O2S/c17-20-15(23)13(8-7-10-4-3-9-24-10)19-21-14(22)11-5-1-2-6-12(11)18-16(20)21/h1-9H,17H2/b8-7+. The fourth-order valence-electron chi connectivity index (χ4n) is 2.37. The Morgan fingerprint density at radius 1 is 1.04 bits per heavy atom. The van der Waals surface area contributed by atoms with E-state index in [1.807, 2.05) is 17.5 Å². The lowest BCUT2D eigenvalue weighted by Crippen LogP contribution is -2.36. The largest absolute Gasteiger partial charge is 0.333 e. The molecule has 0 aliphatic rings. The van der Waals surface area contributed by atoms with Crippen molar-refractivity contribution < 1.29 is 0 Å². The van der Waals surface area contributed by atoms with Gasteiger partial charge in [0.1, 0.15) is 0 Å². The second-order valence-corrected chi connectivity index (χ2v) is 6.03. The molecule has 0 radical (unpaired) electrons. The lowest BCUT2D eigenvalue weighted by molar-refractivity contribution is 0.769. The molecule has 4 aromatic rings. The lowest BCUT2D eigenvalue weighted by Gasteiger charge is -2.07. The van der Waals surface area contributed by atoms with Crippen molar-refractivity contribution in [1.29, 1.82) is 0 Å². The topological polar surface area (TPSA) is 95.3 Å². The number of para-hydroxylation sites is 1. The number of nitrogens with two attached hydrogens (primary N) is 1. The molecule has 118 valence electrons. The number of nitrogens with zero attached hydrogens (tertiary/aromatic N) is 4. The zero-order valence-electron chi connectivity index (χ0n) is 12.3. The summed E-state index contributed by atoms with van der Waals surface area (Å²) >= 11 is 1.53. The molecule has 0 saturated heterocycles. The minimum Gasteiger partial charge on any atom is -0.333 e. The molecular weight excluding hydrogens is 326 g/mol. The van der Waals surface area contributed by atoms with E-state index in [0.717, 1.165) is 14.1 Å². The molecule has 7 nitrogen and oxygen atoms in total. The van der Waals surface area contributed by atoms with Gasteiger partial charge in [0.2, 0.25) is 0 Å². The highest BCUT2D eigenvalue weighted by Gasteiger charge is 2.12. The van der Waals surface area contributed by atoms with Crippen LogP contribution in [0.5, 0.6) is 0 Å². The number of aromatic nitrogens is 4. The number of fused-ring (bicyclic) bond motifs is 2. The summed E-state index contributed by atoms with van der Waals surface area (Å²) in [6.45, 7) is 0. The van der Waals surface area contributed by atoms with E-state index >= 15 is 0 Å². The van der Waals surface area contributed by atoms with Crippen molar-refractivity contribution in [1.82, 2.24) is 19.3 Å². The van der Waals surface area contributed by atoms with Crippen LogP contribution in [-0.4, -0.2) is 19.3 Å². The first-order chi connectivity index (χ1) is 11.6. The monoisotopic (exact) mass is 337 g/mol. The average molecular weight is 337 g/mol. The van der Waals surface area contributed by atoms with Crippen LogP contribution in [0.4, 0.5) is 0 Å². The van der Waals surface area contributed by atoms with Crippen LogP contribution in [0.15, 0.2) is 51.4 Å². The lowest BCUT2D eigenvalue weighted by atomic mass is 10.2. The first-order valence-corrected chi connectivity index (χ1v) is 7.94. The number of nitrogen functional groups attached to an aromatic ring is 1. The van der Waals surface area contributed by atoms with Crippen molar-refractivity contribution in [2.75, 3.05) is 5.84 Å². The van der Waals surface area contributed by atoms with Crippen LogP contribution in [0.1, 0.15) is 10.6 Å². The van der Waals surface area contributed by atoms with Crippen molar-refractivity contribution in [3.05, 3.63) is 73.1 Å². The van der Waals surface area contributed by atoms with Crippen molar-refractivity contribution in [3.8, 4) is 0 Å². The summed E-state index contributed by atoms with van der Waals surface area (Å²) in [5, 5.41) is 6.47. The maximum Gasteiger partial charge on any atom is 0.299 e. The summed E-state index contributed by atoms with van der Waals surface area (Å²) in [6, 6.07) is 10.7. The van der Waals surface area contributed by atoms with E-state index in [0.29, 0.717) is 10.9 Å². The van der Waals surface area contributed by atoms with Crippen molar-refractivity contribution in [2.45, 2.75) is 0 Å². The number of hydrogen-bond donors (Lipinski definition) is 1. The molecule has 4 rings (SSSR count). The molecule has 0 unspecified atom stereocenters. The molecule has 2 N–H and O–H groups in total. The Morgan fingerprint density at radius 2 is 1.88 bits per heavy atom. The van der Waals surface area contributed by atoms with Crippen LogP contribution in [0.25, 0.3) is 28.8 Å². The Bertz CT molecular complexity index is 1210. The summed E-state index contributed by atoms with van der Waals surface area (Å²) in [6.07, 6.45) is 3.29. The van der Waals surface area contributed by atoms with Crippen LogP contribution < -0.4 is 17.0 Å². The Morgan fingerprint density at radius 3 is 2.67 bits per heavy atom. The third kappa shape index (κ3) is 2.20. The highest BCUT2D eigenvalue weighted by atomic mass is 32.1. The van der Waals surface area contributed by atoms with Gasteiger partial charge in [0, 0.05) is 4.88 Å². The molecule has 24 heavy (non-hydrogen) atoms. The minimum atomic E-state index is -0.523. The zero-order valence-corrected chi connectivity index (χ0v) is 13.1. The number of benzene rings is 1. The maximum atomic E-state index is 12.6. The Balaban J connectivity index is 2.02. The normalized spacial score (nSPS) is 11.7. The molecule has 0 saturated carbocycles. The van der Waals surface area contributed by atoms with Crippen LogP contribution >= 0.6 is 11.3 Å². The number of hydrogen-bond acceptors (Lipinski definition) is 6. The van der Waals surface area contributed by atoms with Gasteiger partial charge >= 0.3 is 0 Å². The molecule has 0 fully saturated rings. The smallest absolute Gasteiger partial charge is 0.299 e. The van der Waals surface area contributed by atoms with Crippen molar-refractivity contribution in [3.63, 3.8) is 0 Å². The van der Waals surface area contributed by atoms with Gasteiger partial charge in [-0.2, -0.15) is 14.3 Å². The molecule has 1 aromatic carbocycles. The molecule has 0 bridgehead atoms. The van der Waals surface area contributed by atoms with E-state index in [1.165, 1.54) is 11.3 Å². The molecule has 0 amide bonds. The second kappa shape index (κ2) is 5.43. The minimum absolute atomic E-state index is 0.00280. The Labute approximate surface area is 138 Å². The van der Waals surface area contributed by atoms with Gasteiger partial charge in [0.15, 0.2) is 5.69 Å². The molecule has 3 heterocycles. The van der Waals surface area contributed by atoms with E-state index in [2.05, 4.69) is 10.1 Å².